The minimum Gasteiger partial charge on any atom is -0.493 e. The van der Waals surface area contributed by atoms with Crippen molar-refractivity contribution >= 4 is 5.91 Å². The number of nitrogens with one attached hydrogen (secondary N) is 1. The molecule has 0 saturated heterocycles. The van der Waals surface area contributed by atoms with Gasteiger partial charge in [0.2, 0.25) is 0 Å². The fourth-order valence-corrected chi connectivity index (χ4v) is 2.20. The van der Waals surface area contributed by atoms with Gasteiger partial charge in [-0.2, -0.15) is 5.10 Å². The van der Waals surface area contributed by atoms with Crippen LogP contribution in [0.15, 0.2) is 24.3 Å². The second-order valence-electron chi connectivity index (χ2n) is 4.86. The Morgan fingerprint density at radius 3 is 2.55 bits per heavy atom. The van der Waals surface area contributed by atoms with Gasteiger partial charge in [0.25, 0.3) is 5.91 Å². The first-order valence-electron chi connectivity index (χ1n) is 7.12. The first-order valence-corrected chi connectivity index (χ1v) is 7.12. The highest BCUT2D eigenvalue weighted by molar-refractivity contribution is 5.92. The molecule has 0 fully saturated rings. The second-order valence-corrected chi connectivity index (χ2v) is 4.86. The average molecular weight is 303 g/mol. The predicted molar refractivity (Wildman–Crippen MR) is 83.4 cm³/mol. The molecule has 0 atom stereocenters. The number of hydrogen-bond acceptors (Lipinski definition) is 4. The smallest absolute Gasteiger partial charge is 0.272 e. The molecule has 0 aliphatic carbocycles. The van der Waals surface area contributed by atoms with Crippen LogP contribution < -0.4 is 14.8 Å². The average Bonchev–Trinajstić information content (AvgIpc) is 2.93. The van der Waals surface area contributed by atoms with Gasteiger partial charge in [0, 0.05) is 18.8 Å². The van der Waals surface area contributed by atoms with Gasteiger partial charge in [-0.1, -0.05) is 6.07 Å². The maximum atomic E-state index is 12.1. The first kappa shape index (κ1) is 15.9. The largest absolute Gasteiger partial charge is 0.493 e. The van der Waals surface area contributed by atoms with E-state index in [1.54, 1.807) is 25.0 Å². The maximum Gasteiger partial charge on any atom is 0.272 e. The van der Waals surface area contributed by atoms with Crippen molar-refractivity contribution in [2.45, 2.75) is 26.9 Å². The number of rotatable bonds is 6. The van der Waals surface area contributed by atoms with Crippen LogP contribution in [-0.4, -0.2) is 29.9 Å². The Hall–Kier alpha value is -2.50. The number of hydrogen-bond donors (Lipinski definition) is 1. The van der Waals surface area contributed by atoms with Gasteiger partial charge in [-0.25, -0.2) is 0 Å². The fraction of sp³-hybridized carbons (Fsp3) is 0.375. The van der Waals surface area contributed by atoms with Gasteiger partial charge >= 0.3 is 0 Å². The summed E-state index contributed by atoms with van der Waals surface area (Å²) in [5.41, 5.74) is 2.33. The van der Waals surface area contributed by atoms with E-state index in [-0.39, 0.29) is 5.91 Å². The molecule has 0 aliphatic heterocycles. The third-order valence-corrected chi connectivity index (χ3v) is 3.41. The van der Waals surface area contributed by atoms with Crippen molar-refractivity contribution in [1.29, 1.82) is 0 Å². The van der Waals surface area contributed by atoms with Crippen molar-refractivity contribution < 1.29 is 14.3 Å². The van der Waals surface area contributed by atoms with E-state index in [0.29, 0.717) is 23.7 Å². The molecule has 6 nitrogen and oxygen atoms in total. The number of aromatic nitrogens is 2. The van der Waals surface area contributed by atoms with Crippen molar-refractivity contribution in [3.8, 4) is 11.5 Å². The molecule has 0 saturated carbocycles. The Bertz CT molecular complexity index is 665. The fourth-order valence-electron chi connectivity index (χ4n) is 2.20. The first-order chi connectivity index (χ1) is 10.6. The summed E-state index contributed by atoms with van der Waals surface area (Å²) < 4.78 is 12.2. The van der Waals surface area contributed by atoms with E-state index in [2.05, 4.69) is 10.4 Å². The minimum absolute atomic E-state index is 0.190. The zero-order valence-electron chi connectivity index (χ0n) is 13.3. The van der Waals surface area contributed by atoms with Crippen LogP contribution in [0.3, 0.4) is 0 Å². The molecule has 0 radical (unpaired) electrons. The number of benzene rings is 1. The lowest BCUT2D eigenvalue weighted by atomic mass is 10.2. The van der Waals surface area contributed by atoms with Crippen LogP contribution in [0, 0.1) is 6.92 Å². The highest BCUT2D eigenvalue weighted by Crippen LogP contribution is 2.27. The molecule has 6 heteroatoms. The third kappa shape index (κ3) is 3.39. The van der Waals surface area contributed by atoms with Gasteiger partial charge in [0.05, 0.1) is 14.2 Å². The molecule has 0 aliphatic rings. The summed E-state index contributed by atoms with van der Waals surface area (Å²) in [5.74, 6) is 1.11. The van der Waals surface area contributed by atoms with E-state index in [4.69, 9.17) is 9.47 Å². The lowest BCUT2D eigenvalue weighted by Crippen LogP contribution is -2.23. The molecule has 1 N–H and O–H groups in total. The zero-order chi connectivity index (χ0) is 16.1. The van der Waals surface area contributed by atoms with Gasteiger partial charge in [0.15, 0.2) is 11.5 Å². The van der Waals surface area contributed by atoms with Crippen LogP contribution in [0.5, 0.6) is 11.5 Å². The molecule has 0 bridgehead atoms. The Morgan fingerprint density at radius 1 is 1.23 bits per heavy atom. The van der Waals surface area contributed by atoms with Gasteiger partial charge in [-0.05, 0) is 37.6 Å². The molecule has 1 heterocycles. The van der Waals surface area contributed by atoms with E-state index < -0.39 is 0 Å². The maximum absolute atomic E-state index is 12.1. The van der Waals surface area contributed by atoms with Gasteiger partial charge in [-0.15, -0.1) is 0 Å². The van der Waals surface area contributed by atoms with Gasteiger partial charge in [-0.3, -0.25) is 9.48 Å². The van der Waals surface area contributed by atoms with E-state index in [9.17, 15) is 4.79 Å². The van der Waals surface area contributed by atoms with Gasteiger partial charge < -0.3 is 14.8 Å². The lowest BCUT2D eigenvalue weighted by Gasteiger charge is -2.10. The predicted octanol–water partition coefficient (Wildman–Crippen LogP) is 2.16. The van der Waals surface area contributed by atoms with E-state index >= 15 is 0 Å². The summed E-state index contributed by atoms with van der Waals surface area (Å²) in [6, 6.07) is 7.33. The highest BCUT2D eigenvalue weighted by atomic mass is 16.5. The van der Waals surface area contributed by atoms with E-state index in [1.807, 2.05) is 32.0 Å². The SMILES string of the molecule is CCn1nc(C(=O)NCc2ccc(OC)c(OC)c2)cc1C. The molecule has 1 aromatic carbocycles. The minimum atomic E-state index is -0.190. The van der Waals surface area contributed by atoms with E-state index in [0.717, 1.165) is 17.8 Å². The molecular weight excluding hydrogens is 282 g/mol. The summed E-state index contributed by atoms with van der Waals surface area (Å²) in [4.78, 5) is 12.1. The summed E-state index contributed by atoms with van der Waals surface area (Å²) >= 11 is 0. The molecule has 0 unspecified atom stereocenters. The van der Waals surface area contributed by atoms with Crippen LogP contribution >= 0.6 is 0 Å². The molecular formula is C16H21N3O3. The van der Waals surface area contributed by atoms with E-state index in [1.165, 1.54) is 0 Å². The van der Waals surface area contributed by atoms with Crippen molar-refractivity contribution in [1.82, 2.24) is 15.1 Å². The lowest BCUT2D eigenvalue weighted by molar-refractivity contribution is 0.0945. The molecule has 2 rings (SSSR count). The summed E-state index contributed by atoms with van der Waals surface area (Å²) in [5, 5.41) is 7.12. The monoisotopic (exact) mass is 303 g/mol. The number of methoxy groups -OCH3 is 2. The Kier molecular flexibility index (Phi) is 5.04. The molecule has 22 heavy (non-hydrogen) atoms. The van der Waals surface area contributed by atoms with Crippen molar-refractivity contribution in [2.24, 2.45) is 0 Å². The summed E-state index contributed by atoms with van der Waals surface area (Å²) in [6.45, 7) is 5.07. The number of nitrogens with zero attached hydrogens (tertiary/aromatic N) is 2. The highest BCUT2D eigenvalue weighted by Gasteiger charge is 2.12. The summed E-state index contributed by atoms with van der Waals surface area (Å²) in [7, 11) is 3.17. The number of carbonyl (C=O) groups is 1. The second kappa shape index (κ2) is 6.98. The number of amides is 1. The Balaban J connectivity index is 2.04. The van der Waals surface area contributed by atoms with Crippen LogP contribution in [0.1, 0.15) is 28.7 Å². The van der Waals surface area contributed by atoms with Crippen LogP contribution in [0.2, 0.25) is 0 Å². The van der Waals surface area contributed by atoms with Gasteiger partial charge in [0.1, 0.15) is 5.69 Å². The molecule has 118 valence electrons. The molecule has 1 aromatic heterocycles. The number of ether oxygens (including phenoxy) is 2. The normalized spacial score (nSPS) is 10.4. The van der Waals surface area contributed by atoms with Crippen molar-refractivity contribution in [3.63, 3.8) is 0 Å². The third-order valence-electron chi connectivity index (χ3n) is 3.41. The standard InChI is InChI=1S/C16H21N3O3/c1-5-19-11(2)8-13(18-19)16(20)17-10-12-6-7-14(21-3)15(9-12)22-4/h6-9H,5,10H2,1-4H3,(H,17,20). The van der Waals surface area contributed by atoms with Crippen LogP contribution in [0.4, 0.5) is 0 Å². The molecule has 2 aromatic rings. The topological polar surface area (TPSA) is 65.4 Å². The van der Waals surface area contributed by atoms with Crippen molar-refractivity contribution in [2.75, 3.05) is 14.2 Å². The van der Waals surface area contributed by atoms with Crippen LogP contribution in [-0.2, 0) is 13.1 Å². The van der Waals surface area contributed by atoms with Crippen molar-refractivity contribution in [3.05, 3.63) is 41.2 Å². The number of carbonyl (C=O) groups excluding carboxylic acids is 1. The Morgan fingerprint density at radius 2 is 1.95 bits per heavy atom. The molecule has 1 amide bonds. The quantitative estimate of drug-likeness (QED) is 0.888. The molecule has 0 spiro atoms. The number of aryl methyl sites for hydroxylation is 2. The van der Waals surface area contributed by atoms with Crippen LogP contribution in [0.25, 0.3) is 0 Å². The Labute approximate surface area is 130 Å². The zero-order valence-corrected chi connectivity index (χ0v) is 13.3. The summed E-state index contributed by atoms with van der Waals surface area (Å²) in [6.07, 6.45) is 0.